The average Bonchev–Trinajstić information content (AvgIpc) is 2.73. The summed E-state index contributed by atoms with van der Waals surface area (Å²) >= 11 is 0. The Hall–Kier alpha value is -3.81. The van der Waals surface area contributed by atoms with Crippen molar-refractivity contribution in [2.24, 2.45) is 0 Å². The minimum Gasteiger partial charge on any atom is -0.465 e. The molecule has 1 amide bonds. The van der Waals surface area contributed by atoms with E-state index in [1.165, 1.54) is 19.5 Å². The molecule has 0 bridgehead atoms. The van der Waals surface area contributed by atoms with Crippen molar-refractivity contribution in [3.63, 3.8) is 0 Å². The van der Waals surface area contributed by atoms with Gasteiger partial charge in [-0.3, -0.25) is 9.78 Å². The van der Waals surface area contributed by atoms with Gasteiger partial charge in [-0.1, -0.05) is 12.1 Å². The number of aromatic nitrogens is 3. The Morgan fingerprint density at radius 2 is 1.93 bits per heavy atom. The molecule has 3 aromatic rings. The summed E-state index contributed by atoms with van der Waals surface area (Å²) in [5, 5.41) is 5.80. The molecule has 0 spiro atoms. The molecule has 0 aliphatic carbocycles. The first-order valence-corrected chi connectivity index (χ1v) is 8.11. The zero-order chi connectivity index (χ0) is 19.1. The van der Waals surface area contributed by atoms with Gasteiger partial charge in [0, 0.05) is 18.0 Å². The number of esters is 1. The summed E-state index contributed by atoms with van der Waals surface area (Å²) in [6.07, 6.45) is 3.01. The molecule has 2 aromatic heterocycles. The third kappa shape index (κ3) is 4.85. The second-order valence-electron chi connectivity index (χ2n) is 5.49. The summed E-state index contributed by atoms with van der Waals surface area (Å²) in [4.78, 5) is 36.3. The lowest BCUT2D eigenvalue weighted by Gasteiger charge is -2.08. The summed E-state index contributed by atoms with van der Waals surface area (Å²) in [6, 6.07) is 13.6. The Labute approximate surface area is 155 Å². The number of amides is 1. The van der Waals surface area contributed by atoms with Crippen LogP contribution in [0.2, 0.25) is 0 Å². The zero-order valence-electron chi connectivity index (χ0n) is 14.5. The highest BCUT2D eigenvalue weighted by Crippen LogP contribution is 2.13. The highest BCUT2D eigenvalue weighted by atomic mass is 16.5. The smallest absolute Gasteiger partial charge is 0.337 e. The van der Waals surface area contributed by atoms with E-state index in [-0.39, 0.29) is 5.69 Å². The minimum absolute atomic E-state index is 0.192. The molecular formula is C19H17N5O3. The molecule has 0 fully saturated rings. The molecular weight excluding hydrogens is 346 g/mol. The number of anilines is 2. The van der Waals surface area contributed by atoms with Crippen molar-refractivity contribution in [1.82, 2.24) is 15.0 Å². The van der Waals surface area contributed by atoms with Crippen molar-refractivity contribution in [2.45, 2.75) is 6.54 Å². The van der Waals surface area contributed by atoms with Crippen LogP contribution in [0.4, 0.5) is 11.5 Å². The van der Waals surface area contributed by atoms with E-state index in [1.54, 1.807) is 30.5 Å². The van der Waals surface area contributed by atoms with Gasteiger partial charge in [0.2, 0.25) is 0 Å². The van der Waals surface area contributed by atoms with Crippen molar-refractivity contribution in [1.29, 1.82) is 0 Å². The van der Waals surface area contributed by atoms with E-state index in [1.807, 2.05) is 18.2 Å². The van der Waals surface area contributed by atoms with Crippen molar-refractivity contribution < 1.29 is 14.3 Å². The molecule has 2 N–H and O–H groups in total. The van der Waals surface area contributed by atoms with Gasteiger partial charge < -0.3 is 15.4 Å². The van der Waals surface area contributed by atoms with Gasteiger partial charge >= 0.3 is 5.97 Å². The average molecular weight is 363 g/mol. The van der Waals surface area contributed by atoms with E-state index in [9.17, 15) is 9.59 Å². The van der Waals surface area contributed by atoms with Crippen LogP contribution in [0.5, 0.6) is 0 Å². The van der Waals surface area contributed by atoms with Crippen molar-refractivity contribution in [3.8, 4) is 0 Å². The number of pyridine rings is 1. The topological polar surface area (TPSA) is 106 Å². The molecule has 0 saturated heterocycles. The highest BCUT2D eigenvalue weighted by molar-refractivity contribution is 6.03. The Morgan fingerprint density at radius 3 is 2.70 bits per heavy atom. The first kappa shape index (κ1) is 18.0. The number of methoxy groups -OCH3 is 1. The lowest BCUT2D eigenvalue weighted by atomic mass is 10.2. The number of hydrogen-bond acceptors (Lipinski definition) is 7. The third-order valence-electron chi connectivity index (χ3n) is 3.62. The van der Waals surface area contributed by atoms with E-state index in [4.69, 9.17) is 0 Å². The molecule has 0 atom stereocenters. The number of nitrogens with one attached hydrogen (secondary N) is 2. The first-order chi connectivity index (χ1) is 13.2. The molecule has 136 valence electrons. The zero-order valence-corrected chi connectivity index (χ0v) is 14.5. The van der Waals surface area contributed by atoms with Crippen molar-refractivity contribution in [3.05, 3.63) is 78.0 Å². The lowest BCUT2D eigenvalue weighted by Crippen LogP contribution is -2.15. The Morgan fingerprint density at radius 1 is 1.04 bits per heavy atom. The summed E-state index contributed by atoms with van der Waals surface area (Å²) in [6.45, 7) is 0.472. The van der Waals surface area contributed by atoms with Gasteiger partial charge in [-0.2, -0.15) is 0 Å². The SMILES string of the molecule is COC(=O)c1cccc(NC(=O)c2cc(NCc3ccccn3)ncn2)c1. The summed E-state index contributed by atoms with van der Waals surface area (Å²) in [7, 11) is 1.30. The number of benzene rings is 1. The molecule has 0 saturated carbocycles. The number of carbonyl (C=O) groups excluding carboxylic acids is 2. The summed E-state index contributed by atoms with van der Waals surface area (Å²) < 4.78 is 4.67. The Bertz CT molecular complexity index is 947. The normalized spacial score (nSPS) is 10.1. The lowest BCUT2D eigenvalue weighted by molar-refractivity contribution is 0.0600. The molecule has 2 heterocycles. The number of ether oxygens (including phenoxy) is 1. The van der Waals surface area contributed by atoms with Crippen LogP contribution in [0.3, 0.4) is 0 Å². The number of rotatable bonds is 6. The fraction of sp³-hybridized carbons (Fsp3) is 0.105. The van der Waals surface area contributed by atoms with Gasteiger partial charge in [0.25, 0.3) is 5.91 Å². The monoisotopic (exact) mass is 363 g/mol. The van der Waals surface area contributed by atoms with E-state index in [0.717, 1.165) is 5.69 Å². The van der Waals surface area contributed by atoms with Gasteiger partial charge in [-0.25, -0.2) is 14.8 Å². The molecule has 0 unspecified atom stereocenters. The molecule has 27 heavy (non-hydrogen) atoms. The van der Waals surface area contributed by atoms with Gasteiger partial charge in [0.15, 0.2) is 0 Å². The fourth-order valence-corrected chi connectivity index (χ4v) is 2.30. The first-order valence-electron chi connectivity index (χ1n) is 8.11. The van der Waals surface area contributed by atoms with Crippen LogP contribution in [0.25, 0.3) is 0 Å². The van der Waals surface area contributed by atoms with Gasteiger partial charge in [0.1, 0.15) is 17.8 Å². The second-order valence-corrected chi connectivity index (χ2v) is 5.49. The molecule has 0 aliphatic heterocycles. The molecule has 3 rings (SSSR count). The van der Waals surface area contributed by atoms with Crippen LogP contribution in [-0.2, 0) is 11.3 Å². The maximum absolute atomic E-state index is 12.4. The molecule has 8 heteroatoms. The maximum Gasteiger partial charge on any atom is 0.337 e. The Balaban J connectivity index is 1.67. The van der Waals surface area contributed by atoms with Crippen LogP contribution >= 0.6 is 0 Å². The summed E-state index contributed by atoms with van der Waals surface area (Å²) in [5.41, 5.74) is 1.85. The number of carbonyl (C=O) groups is 2. The predicted octanol–water partition coefficient (Wildman–Crippen LogP) is 2.52. The van der Waals surface area contributed by atoms with E-state index in [2.05, 4.69) is 30.3 Å². The standard InChI is InChI=1S/C19H17N5O3/c1-27-19(26)13-5-4-7-14(9-13)24-18(25)16-10-17(23-12-22-16)21-11-15-6-2-3-8-20-15/h2-10,12H,11H2,1H3,(H,24,25)(H,21,22,23). The van der Waals surface area contributed by atoms with Crippen LogP contribution in [-0.4, -0.2) is 33.9 Å². The molecule has 1 aromatic carbocycles. The van der Waals surface area contributed by atoms with Crippen LogP contribution < -0.4 is 10.6 Å². The highest BCUT2D eigenvalue weighted by Gasteiger charge is 2.11. The van der Waals surface area contributed by atoms with E-state index < -0.39 is 11.9 Å². The third-order valence-corrected chi connectivity index (χ3v) is 3.62. The molecule has 8 nitrogen and oxygen atoms in total. The van der Waals surface area contributed by atoms with Gasteiger partial charge in [0.05, 0.1) is 24.9 Å². The van der Waals surface area contributed by atoms with Gasteiger partial charge in [-0.05, 0) is 30.3 Å². The fourth-order valence-electron chi connectivity index (χ4n) is 2.30. The van der Waals surface area contributed by atoms with E-state index >= 15 is 0 Å². The second kappa shape index (κ2) is 8.52. The largest absolute Gasteiger partial charge is 0.465 e. The van der Waals surface area contributed by atoms with Crippen LogP contribution in [0, 0.1) is 0 Å². The van der Waals surface area contributed by atoms with E-state index in [0.29, 0.717) is 23.6 Å². The van der Waals surface area contributed by atoms with Gasteiger partial charge in [-0.15, -0.1) is 0 Å². The van der Waals surface area contributed by atoms with Crippen molar-refractivity contribution >= 4 is 23.4 Å². The maximum atomic E-state index is 12.4. The minimum atomic E-state index is -0.478. The quantitative estimate of drug-likeness (QED) is 0.648. The van der Waals surface area contributed by atoms with Crippen LogP contribution in [0.15, 0.2) is 61.1 Å². The summed E-state index contributed by atoms with van der Waals surface area (Å²) in [5.74, 6) is -0.390. The van der Waals surface area contributed by atoms with Crippen LogP contribution in [0.1, 0.15) is 26.5 Å². The van der Waals surface area contributed by atoms with Crippen molar-refractivity contribution in [2.75, 3.05) is 17.7 Å². The number of nitrogens with zero attached hydrogens (tertiary/aromatic N) is 3. The number of hydrogen-bond donors (Lipinski definition) is 2. The predicted molar refractivity (Wildman–Crippen MR) is 99.3 cm³/mol. The Kier molecular flexibility index (Phi) is 5.68. The molecule has 0 radical (unpaired) electrons. The molecule has 0 aliphatic rings.